The smallest absolute Gasteiger partial charge is 0.264 e. The molecule has 3 rings (SSSR count). The number of hydrogen-bond acceptors (Lipinski definition) is 5. The van der Waals surface area contributed by atoms with Gasteiger partial charge in [0.15, 0.2) is 11.4 Å². The first-order valence-corrected chi connectivity index (χ1v) is 10.4. The minimum absolute atomic E-state index is 0.102. The van der Waals surface area contributed by atoms with E-state index in [9.17, 15) is 26.6 Å². The molecule has 0 aliphatic rings. The van der Waals surface area contributed by atoms with Crippen LogP contribution in [-0.4, -0.2) is 31.4 Å². The largest absolute Gasteiger partial charge is 0.435 e. The first kappa shape index (κ1) is 22.1. The molecule has 2 aromatic carbocycles. The SMILES string of the molecule is Cc1ccccc1S(C)(=O)=NC(=O)c1nnn(-c2ccc(C#N)cc2F)c1C(F)(F)F. The molecule has 1 heterocycles. The third kappa shape index (κ3) is 4.31. The number of nitriles is 1. The lowest BCUT2D eigenvalue weighted by Crippen LogP contribution is -2.18. The zero-order chi connectivity index (χ0) is 23.0. The highest BCUT2D eigenvalue weighted by atomic mass is 32.2. The van der Waals surface area contributed by atoms with Crippen molar-refractivity contribution in [1.29, 1.82) is 5.26 Å². The maximum atomic E-state index is 14.3. The second kappa shape index (κ2) is 7.92. The van der Waals surface area contributed by atoms with Crippen LogP contribution in [0.3, 0.4) is 0 Å². The summed E-state index contributed by atoms with van der Waals surface area (Å²) in [6.45, 7) is 1.61. The molecular weight excluding hydrogens is 438 g/mol. The molecule has 7 nitrogen and oxygen atoms in total. The van der Waals surface area contributed by atoms with Crippen LogP contribution in [0.4, 0.5) is 17.6 Å². The van der Waals surface area contributed by atoms with E-state index < -0.39 is 44.7 Å². The quantitative estimate of drug-likeness (QED) is 0.562. The van der Waals surface area contributed by atoms with Crippen molar-refractivity contribution in [1.82, 2.24) is 15.0 Å². The molecule has 3 aromatic rings. The molecule has 1 atom stereocenters. The fourth-order valence-electron chi connectivity index (χ4n) is 2.83. The van der Waals surface area contributed by atoms with Crippen molar-refractivity contribution in [2.45, 2.75) is 18.0 Å². The Hall–Kier alpha value is -3.59. The Labute approximate surface area is 174 Å². The van der Waals surface area contributed by atoms with Gasteiger partial charge in [0.1, 0.15) is 11.5 Å². The number of benzene rings is 2. The van der Waals surface area contributed by atoms with Gasteiger partial charge in [-0.3, -0.25) is 4.79 Å². The Morgan fingerprint density at radius 1 is 1.23 bits per heavy atom. The van der Waals surface area contributed by atoms with Crippen LogP contribution in [0.25, 0.3) is 5.69 Å². The van der Waals surface area contributed by atoms with E-state index in [0.717, 1.165) is 24.5 Å². The van der Waals surface area contributed by atoms with Crippen LogP contribution in [0.15, 0.2) is 51.7 Å². The normalized spacial score (nSPS) is 13.3. The van der Waals surface area contributed by atoms with E-state index in [0.29, 0.717) is 5.56 Å². The second-order valence-corrected chi connectivity index (χ2v) is 8.67. The van der Waals surface area contributed by atoms with Crippen LogP contribution in [0.5, 0.6) is 0 Å². The van der Waals surface area contributed by atoms with E-state index in [1.807, 2.05) is 0 Å². The lowest BCUT2D eigenvalue weighted by molar-refractivity contribution is -0.143. The zero-order valence-electron chi connectivity index (χ0n) is 16.0. The molecule has 1 amide bonds. The van der Waals surface area contributed by atoms with Crippen molar-refractivity contribution in [3.05, 3.63) is 70.8 Å². The summed E-state index contributed by atoms with van der Waals surface area (Å²) in [5, 5.41) is 15.3. The van der Waals surface area contributed by atoms with Crippen molar-refractivity contribution in [3.63, 3.8) is 0 Å². The van der Waals surface area contributed by atoms with Crippen LogP contribution in [0.2, 0.25) is 0 Å². The number of halogens is 4. The number of alkyl halides is 3. The summed E-state index contributed by atoms with van der Waals surface area (Å²) in [5.41, 5.74) is -3.16. The van der Waals surface area contributed by atoms with Crippen LogP contribution in [0, 0.1) is 24.1 Å². The summed E-state index contributed by atoms with van der Waals surface area (Å²) in [7, 11) is -3.40. The molecule has 1 aromatic heterocycles. The third-order valence-electron chi connectivity index (χ3n) is 4.21. The fraction of sp³-hybridized carbons (Fsp3) is 0.158. The number of aromatic nitrogens is 3. The van der Waals surface area contributed by atoms with Crippen molar-refractivity contribution in [2.24, 2.45) is 4.36 Å². The lowest BCUT2D eigenvalue weighted by Gasteiger charge is -2.11. The number of rotatable bonds is 3. The molecule has 31 heavy (non-hydrogen) atoms. The summed E-state index contributed by atoms with van der Waals surface area (Å²) in [6.07, 6.45) is -4.05. The molecule has 1 unspecified atom stereocenters. The zero-order valence-corrected chi connectivity index (χ0v) is 16.8. The van der Waals surface area contributed by atoms with Gasteiger partial charge in [-0.25, -0.2) is 13.3 Å². The van der Waals surface area contributed by atoms with Crippen LogP contribution in [-0.2, 0) is 15.9 Å². The summed E-state index contributed by atoms with van der Waals surface area (Å²) in [4.78, 5) is 12.7. The van der Waals surface area contributed by atoms with Gasteiger partial charge in [-0.05, 0) is 36.8 Å². The Balaban J connectivity index is 2.18. The van der Waals surface area contributed by atoms with Crippen molar-refractivity contribution in [3.8, 4) is 11.8 Å². The summed E-state index contributed by atoms with van der Waals surface area (Å²) >= 11 is 0. The van der Waals surface area contributed by atoms with E-state index in [2.05, 4.69) is 14.7 Å². The van der Waals surface area contributed by atoms with Crippen LogP contribution >= 0.6 is 0 Å². The molecule has 0 N–H and O–H groups in total. The number of carbonyl (C=O) groups excluding carboxylic acids is 1. The molecule has 0 aliphatic carbocycles. The van der Waals surface area contributed by atoms with Crippen molar-refractivity contribution < 1.29 is 26.6 Å². The molecule has 0 aliphatic heterocycles. The average molecular weight is 451 g/mol. The molecule has 0 bridgehead atoms. The number of hydrogen-bond donors (Lipinski definition) is 0. The highest BCUT2D eigenvalue weighted by Crippen LogP contribution is 2.34. The fourth-order valence-corrected chi connectivity index (χ4v) is 4.33. The summed E-state index contributed by atoms with van der Waals surface area (Å²) in [5.74, 6) is -2.69. The molecule has 0 spiro atoms. The summed E-state index contributed by atoms with van der Waals surface area (Å²) < 4.78 is 72.0. The predicted octanol–water partition coefficient (Wildman–Crippen LogP) is 3.90. The maximum Gasteiger partial charge on any atom is 0.435 e. The topological polar surface area (TPSA) is 101 Å². The second-order valence-electron chi connectivity index (χ2n) is 6.44. The van der Waals surface area contributed by atoms with Gasteiger partial charge in [0, 0.05) is 6.26 Å². The molecule has 0 saturated heterocycles. The van der Waals surface area contributed by atoms with Crippen molar-refractivity contribution >= 4 is 15.6 Å². The monoisotopic (exact) mass is 451 g/mol. The lowest BCUT2D eigenvalue weighted by atomic mass is 10.2. The number of nitrogens with zero attached hydrogens (tertiary/aromatic N) is 5. The molecule has 160 valence electrons. The van der Waals surface area contributed by atoms with E-state index in [-0.39, 0.29) is 15.1 Å². The Bertz CT molecular complexity index is 1350. The van der Waals surface area contributed by atoms with E-state index >= 15 is 0 Å². The van der Waals surface area contributed by atoms with Crippen LogP contribution < -0.4 is 0 Å². The van der Waals surface area contributed by atoms with Gasteiger partial charge < -0.3 is 0 Å². The van der Waals surface area contributed by atoms with Gasteiger partial charge >= 0.3 is 12.1 Å². The van der Waals surface area contributed by atoms with Gasteiger partial charge in [-0.15, -0.1) is 5.10 Å². The minimum Gasteiger partial charge on any atom is -0.264 e. The molecule has 12 heteroatoms. The number of aryl methyl sites for hydroxylation is 1. The average Bonchev–Trinajstić information content (AvgIpc) is 3.13. The first-order chi connectivity index (χ1) is 14.5. The highest BCUT2D eigenvalue weighted by molar-refractivity contribution is 7.93. The third-order valence-corrected chi connectivity index (χ3v) is 5.99. The Morgan fingerprint density at radius 3 is 2.48 bits per heavy atom. The molecular formula is C19H13F4N5O2S. The Kier molecular flexibility index (Phi) is 5.64. The molecule has 0 saturated carbocycles. The highest BCUT2D eigenvalue weighted by Gasteiger charge is 2.42. The maximum absolute atomic E-state index is 14.3. The Morgan fingerprint density at radius 2 is 1.90 bits per heavy atom. The number of amides is 1. The van der Waals surface area contributed by atoms with Crippen molar-refractivity contribution in [2.75, 3.05) is 6.26 Å². The van der Waals surface area contributed by atoms with Gasteiger partial charge in [-0.1, -0.05) is 23.4 Å². The van der Waals surface area contributed by atoms with Gasteiger partial charge in [-0.2, -0.15) is 22.8 Å². The van der Waals surface area contributed by atoms with Gasteiger partial charge in [0.25, 0.3) is 0 Å². The summed E-state index contributed by atoms with van der Waals surface area (Å²) in [6, 6.07) is 10.6. The van der Waals surface area contributed by atoms with Gasteiger partial charge in [0.05, 0.1) is 26.3 Å². The van der Waals surface area contributed by atoms with E-state index in [4.69, 9.17) is 5.26 Å². The molecule has 0 fully saturated rings. The first-order valence-electron chi connectivity index (χ1n) is 8.51. The standard InChI is InChI=1S/C19H13F4N5O2S/c1-11-5-3-4-6-15(11)31(2,30)26-18(29)16-17(19(21,22)23)28(27-25-16)14-8-7-12(10-24)9-13(14)20/h3-9H,1-2H3. The predicted molar refractivity (Wildman–Crippen MR) is 101 cm³/mol. The van der Waals surface area contributed by atoms with E-state index in [1.165, 1.54) is 6.07 Å². The minimum atomic E-state index is -5.17. The van der Waals surface area contributed by atoms with Gasteiger partial charge in [0.2, 0.25) is 0 Å². The van der Waals surface area contributed by atoms with Crippen LogP contribution in [0.1, 0.15) is 27.3 Å². The molecule has 0 radical (unpaired) electrons. The van der Waals surface area contributed by atoms with E-state index in [1.54, 1.807) is 31.2 Å². The number of carbonyl (C=O) groups is 1.